The van der Waals surface area contributed by atoms with Crippen LogP contribution in [0.3, 0.4) is 0 Å². The van der Waals surface area contributed by atoms with Gasteiger partial charge in [-0.25, -0.2) is 14.4 Å². The summed E-state index contributed by atoms with van der Waals surface area (Å²) in [5, 5.41) is 9.16. The van der Waals surface area contributed by atoms with Crippen LogP contribution in [0.5, 0.6) is 0 Å². The summed E-state index contributed by atoms with van der Waals surface area (Å²) in [6.45, 7) is 10.9. The van der Waals surface area contributed by atoms with E-state index in [1.165, 1.54) is 16.8 Å². The molecule has 12 nitrogen and oxygen atoms in total. The number of nitrogens with two attached hydrogens (primary N) is 1. The number of carboxylic acid groups (broad SMARTS) is 1. The van der Waals surface area contributed by atoms with Gasteiger partial charge in [-0.3, -0.25) is 19.1 Å². The van der Waals surface area contributed by atoms with E-state index in [0.29, 0.717) is 0 Å². The molecule has 1 aliphatic rings. The molecule has 0 bridgehead atoms. The van der Waals surface area contributed by atoms with Gasteiger partial charge in [0.25, 0.3) is 5.56 Å². The molecule has 1 aliphatic heterocycles. The van der Waals surface area contributed by atoms with Gasteiger partial charge < -0.3 is 25.6 Å². The molecule has 1 unspecified atom stereocenters. The maximum Gasteiger partial charge on any atom is 0.490 e. The number of hydrogen-bond acceptors (Lipinski definition) is 8. The summed E-state index contributed by atoms with van der Waals surface area (Å²) in [7, 11) is 0. The van der Waals surface area contributed by atoms with Gasteiger partial charge in [0.2, 0.25) is 5.91 Å². The van der Waals surface area contributed by atoms with Crippen molar-refractivity contribution in [2.45, 2.75) is 76.2 Å². The van der Waals surface area contributed by atoms with E-state index >= 15 is 0 Å². The number of hydrogen-bond donors (Lipinski definition) is 4. The van der Waals surface area contributed by atoms with E-state index in [9.17, 15) is 32.3 Å². The zero-order valence-corrected chi connectivity index (χ0v) is 24.2. The number of ether oxygens (including phenoxy) is 2. The molecule has 2 rings (SSSR count). The van der Waals surface area contributed by atoms with E-state index in [1.807, 2.05) is 0 Å². The van der Waals surface area contributed by atoms with Crippen molar-refractivity contribution in [1.82, 2.24) is 14.9 Å². The van der Waals surface area contributed by atoms with Crippen LogP contribution in [0.25, 0.3) is 0 Å². The van der Waals surface area contributed by atoms with Crippen LogP contribution >= 0.6 is 27.5 Å². The Balaban J connectivity index is 0.00000101. The summed E-state index contributed by atoms with van der Waals surface area (Å²) < 4.78 is 44.6. The lowest BCUT2D eigenvalue weighted by atomic mass is 10.0. The Hall–Kier alpha value is -2.69. The molecule has 1 aromatic heterocycles. The van der Waals surface area contributed by atoms with Gasteiger partial charge in [-0.2, -0.15) is 13.2 Å². The van der Waals surface area contributed by atoms with Crippen LogP contribution in [0, 0.1) is 11.8 Å². The van der Waals surface area contributed by atoms with Crippen molar-refractivity contribution in [1.29, 1.82) is 0 Å². The second-order valence-electron chi connectivity index (χ2n) is 9.39. The number of nitrogens with one attached hydrogen (secondary N) is 2. The minimum absolute atomic E-state index is 0.105. The number of aliphatic carboxylic acids is 1. The summed E-state index contributed by atoms with van der Waals surface area (Å²) in [5.41, 5.74) is 4.66. The molecule has 6 atom stereocenters. The zero-order valence-electron chi connectivity index (χ0n) is 21.9. The van der Waals surface area contributed by atoms with Crippen LogP contribution in [-0.2, 0) is 23.9 Å². The maximum atomic E-state index is 12.9. The van der Waals surface area contributed by atoms with Crippen molar-refractivity contribution in [2.24, 2.45) is 17.6 Å². The highest BCUT2D eigenvalue weighted by Crippen LogP contribution is 2.34. The van der Waals surface area contributed by atoms with E-state index in [-0.39, 0.29) is 22.7 Å². The first-order valence-corrected chi connectivity index (χ1v) is 13.0. The van der Waals surface area contributed by atoms with Gasteiger partial charge >= 0.3 is 23.8 Å². The van der Waals surface area contributed by atoms with Crippen molar-refractivity contribution in [3.05, 3.63) is 44.2 Å². The zero-order chi connectivity index (χ0) is 31.1. The van der Waals surface area contributed by atoms with Crippen LogP contribution in [0.1, 0.15) is 40.3 Å². The molecular formula is C23H31BrClF3N4O8. The van der Waals surface area contributed by atoms with Gasteiger partial charge in [0, 0.05) is 12.6 Å². The summed E-state index contributed by atoms with van der Waals surface area (Å²) in [5.74, 6) is -4.27. The first-order valence-electron chi connectivity index (χ1n) is 11.8. The monoisotopic (exact) mass is 662 g/mol. The molecule has 1 amide bonds. The molecule has 0 saturated carbocycles. The Morgan fingerprint density at radius 2 is 1.85 bits per heavy atom. The quantitative estimate of drug-likeness (QED) is 0.175. The number of nitrogens with zero attached hydrogens (tertiary/aromatic N) is 1. The SMILES string of the molecule is C=CC(OC(=O)[C@@H](NC(=O)[C@@H](N)C(C)C)C(C)C)[C@H]1O[C@@H](n2cc(Br)c(=O)[nH]c2=O)C[C@@H]1Cl.O=C(O)C(F)(F)F. The standard InChI is InChI=1S/C21H30BrClN4O6.C2HF3O2/c1-6-13(32-20(30)16(10(4)5)25-19(29)15(24)9(2)3)17-12(23)7-14(33-17)27-8-11(22)18(28)26-21(27)31;3-2(4,5)1(6)7/h6,8-10,12-17H,1,7,24H2,2-5H3,(H,25,29)(H,26,28,31);(H,6,7)/t12-,13?,14+,15-,16-,17-;/m0./s1. The van der Waals surface area contributed by atoms with Gasteiger partial charge in [-0.15, -0.1) is 11.6 Å². The van der Waals surface area contributed by atoms with Crippen molar-refractivity contribution >= 4 is 45.4 Å². The number of carboxylic acids is 1. The largest absolute Gasteiger partial charge is 0.490 e. The van der Waals surface area contributed by atoms with E-state index in [0.717, 1.165) is 0 Å². The first kappa shape index (κ1) is 35.3. The highest BCUT2D eigenvalue weighted by Gasteiger charge is 2.42. The predicted octanol–water partition coefficient (Wildman–Crippen LogP) is 2.05. The number of aromatic nitrogens is 2. The number of alkyl halides is 4. The van der Waals surface area contributed by atoms with Crippen LogP contribution in [0.2, 0.25) is 0 Å². The Morgan fingerprint density at radius 1 is 1.30 bits per heavy atom. The fourth-order valence-electron chi connectivity index (χ4n) is 3.29. The topological polar surface area (TPSA) is 183 Å². The maximum absolute atomic E-state index is 12.9. The van der Waals surface area contributed by atoms with E-state index in [1.54, 1.807) is 27.7 Å². The second-order valence-corrected chi connectivity index (χ2v) is 10.8. The van der Waals surface area contributed by atoms with Gasteiger partial charge in [-0.1, -0.05) is 34.3 Å². The van der Waals surface area contributed by atoms with Gasteiger partial charge in [0.15, 0.2) is 0 Å². The average Bonchev–Trinajstić information content (AvgIpc) is 3.22. The summed E-state index contributed by atoms with van der Waals surface area (Å²) in [6.07, 6.45) is -4.70. The molecule has 1 fully saturated rings. The third-order valence-corrected chi connectivity index (χ3v) is 6.61. The number of esters is 1. The predicted molar refractivity (Wildman–Crippen MR) is 141 cm³/mol. The number of carbonyl (C=O) groups excluding carboxylic acids is 2. The lowest BCUT2D eigenvalue weighted by Gasteiger charge is -2.28. The number of amides is 1. The van der Waals surface area contributed by atoms with Gasteiger partial charge in [-0.05, 0) is 33.8 Å². The number of aromatic amines is 1. The van der Waals surface area contributed by atoms with Crippen molar-refractivity contribution in [2.75, 3.05) is 0 Å². The molecule has 0 aliphatic carbocycles. The van der Waals surface area contributed by atoms with Gasteiger partial charge in [0.1, 0.15) is 24.5 Å². The van der Waals surface area contributed by atoms with Gasteiger partial charge in [0.05, 0.1) is 15.9 Å². The fraction of sp³-hybridized carbons (Fsp3) is 0.609. The summed E-state index contributed by atoms with van der Waals surface area (Å²) >= 11 is 9.54. The summed E-state index contributed by atoms with van der Waals surface area (Å²) in [6, 6.07) is -1.70. The van der Waals surface area contributed by atoms with Crippen molar-refractivity contribution in [3.63, 3.8) is 0 Å². The Morgan fingerprint density at radius 3 is 2.30 bits per heavy atom. The Bertz CT molecular complexity index is 1190. The lowest BCUT2D eigenvalue weighted by molar-refractivity contribution is -0.192. The van der Waals surface area contributed by atoms with Crippen molar-refractivity contribution < 1.29 is 42.1 Å². The molecule has 226 valence electrons. The molecule has 0 spiro atoms. The minimum Gasteiger partial charge on any atom is -0.475 e. The molecule has 40 heavy (non-hydrogen) atoms. The molecule has 17 heteroatoms. The molecule has 2 heterocycles. The van der Waals surface area contributed by atoms with Crippen LogP contribution in [0.15, 0.2) is 32.9 Å². The number of carbonyl (C=O) groups is 3. The average molecular weight is 664 g/mol. The third kappa shape index (κ3) is 9.74. The van der Waals surface area contributed by atoms with Crippen LogP contribution < -0.4 is 22.3 Å². The molecule has 0 aromatic carbocycles. The Labute approximate surface area is 240 Å². The molecule has 1 aromatic rings. The minimum atomic E-state index is -5.08. The third-order valence-electron chi connectivity index (χ3n) is 5.62. The highest BCUT2D eigenvalue weighted by atomic mass is 79.9. The normalized spacial score (nSPS) is 21.1. The first-order chi connectivity index (χ1) is 18.3. The van der Waals surface area contributed by atoms with Crippen LogP contribution in [0.4, 0.5) is 13.2 Å². The molecule has 5 N–H and O–H groups in total. The second kappa shape index (κ2) is 14.8. The molecular weight excluding hydrogens is 633 g/mol. The number of rotatable bonds is 9. The summed E-state index contributed by atoms with van der Waals surface area (Å²) in [4.78, 5) is 60.1. The number of halogens is 5. The highest BCUT2D eigenvalue weighted by molar-refractivity contribution is 9.10. The van der Waals surface area contributed by atoms with E-state index < -0.39 is 71.2 Å². The lowest BCUT2D eigenvalue weighted by Crippen LogP contribution is -2.53. The van der Waals surface area contributed by atoms with Crippen molar-refractivity contribution in [3.8, 4) is 0 Å². The molecule has 0 radical (unpaired) electrons. The van der Waals surface area contributed by atoms with Crippen LogP contribution in [-0.4, -0.2) is 68.3 Å². The number of H-pyrrole nitrogens is 1. The smallest absolute Gasteiger partial charge is 0.475 e. The van der Waals surface area contributed by atoms with E-state index in [4.69, 9.17) is 36.7 Å². The Kier molecular flexibility index (Phi) is 13.1. The molecule has 1 saturated heterocycles. The fourth-order valence-corrected chi connectivity index (χ4v) is 3.97. The van der Waals surface area contributed by atoms with E-state index in [2.05, 4.69) is 32.8 Å².